The van der Waals surface area contributed by atoms with Gasteiger partial charge in [0.1, 0.15) is 0 Å². The van der Waals surface area contributed by atoms with Crippen LogP contribution in [-0.4, -0.2) is 76.9 Å². The monoisotopic (exact) mass is 584 g/mol. The number of amides is 3. The summed E-state index contributed by atoms with van der Waals surface area (Å²) < 4.78 is 9.64. The summed E-state index contributed by atoms with van der Waals surface area (Å²) in [6.45, 7) is 6.94. The largest absolute Gasteiger partial charge is 0.481 e. The standard InChI is InChI=1S/C28H36N6O8/c1-5-11-30-26(38)19-8-7-17(3)21(13-19)33-25(32-15-29)24-18(4)20(14-31-24)27(39)34(12-6-2)28(40)42-16-41-23(37)10-9-22(35)36/h7-8,13-15,31H,5-6,9-12,16H2,1-4H3,(H,30,38)(H,35,36)(H2,29,32,33). The van der Waals surface area contributed by atoms with Crippen molar-refractivity contribution in [1.29, 1.82) is 0 Å². The van der Waals surface area contributed by atoms with Gasteiger partial charge in [-0.15, -0.1) is 0 Å². The molecule has 0 fully saturated rings. The average molecular weight is 585 g/mol. The maximum atomic E-state index is 13.4. The average Bonchev–Trinajstić information content (AvgIpc) is 3.34. The minimum atomic E-state index is -1.17. The van der Waals surface area contributed by atoms with Gasteiger partial charge in [-0.2, -0.15) is 0 Å². The van der Waals surface area contributed by atoms with Crippen molar-refractivity contribution in [3.05, 3.63) is 52.3 Å². The van der Waals surface area contributed by atoms with Crippen molar-refractivity contribution in [3.8, 4) is 0 Å². The van der Waals surface area contributed by atoms with E-state index in [4.69, 9.17) is 20.3 Å². The third-order valence-electron chi connectivity index (χ3n) is 5.88. The van der Waals surface area contributed by atoms with Crippen LogP contribution in [0, 0.1) is 13.8 Å². The summed E-state index contributed by atoms with van der Waals surface area (Å²) in [5.74, 6) is -2.81. The lowest BCUT2D eigenvalue weighted by molar-refractivity contribution is -0.154. The number of nitrogens with two attached hydrogens (primary N) is 1. The molecule has 0 saturated heterocycles. The molecule has 0 spiro atoms. The van der Waals surface area contributed by atoms with E-state index in [9.17, 15) is 24.0 Å². The fraction of sp³-hybridized carbons (Fsp3) is 0.393. The Hall–Kier alpha value is -5.01. The van der Waals surface area contributed by atoms with Gasteiger partial charge in [0.15, 0.2) is 5.84 Å². The summed E-state index contributed by atoms with van der Waals surface area (Å²) in [6.07, 6.45) is 1.80. The number of nitrogens with zero attached hydrogens (tertiary/aromatic N) is 3. The predicted octanol–water partition coefficient (Wildman–Crippen LogP) is 3.19. The number of carboxylic acids is 1. The molecule has 2 rings (SSSR count). The number of rotatable bonds is 13. The molecular weight excluding hydrogens is 548 g/mol. The van der Waals surface area contributed by atoms with Crippen molar-refractivity contribution < 1.29 is 38.6 Å². The number of aliphatic carboxylic acids is 1. The highest BCUT2D eigenvalue weighted by atomic mass is 16.7. The summed E-state index contributed by atoms with van der Waals surface area (Å²) in [5.41, 5.74) is 8.17. The number of benzene rings is 1. The fourth-order valence-electron chi connectivity index (χ4n) is 3.65. The molecule has 226 valence electrons. The topological polar surface area (TPSA) is 206 Å². The van der Waals surface area contributed by atoms with E-state index in [0.717, 1.165) is 23.2 Å². The summed E-state index contributed by atoms with van der Waals surface area (Å²) in [4.78, 5) is 73.2. The molecule has 0 radical (unpaired) electrons. The first kappa shape index (κ1) is 33.2. The number of hydrogen-bond acceptors (Lipinski definition) is 8. The van der Waals surface area contributed by atoms with Crippen LogP contribution >= 0.6 is 0 Å². The van der Waals surface area contributed by atoms with Crippen LogP contribution in [0.15, 0.2) is 34.4 Å². The van der Waals surface area contributed by atoms with E-state index in [1.54, 1.807) is 32.0 Å². The number of ether oxygens (including phenoxy) is 2. The van der Waals surface area contributed by atoms with Crippen LogP contribution in [-0.2, 0) is 19.1 Å². The van der Waals surface area contributed by atoms with Gasteiger partial charge in [0.25, 0.3) is 11.8 Å². The van der Waals surface area contributed by atoms with Crippen LogP contribution in [0.4, 0.5) is 10.5 Å². The van der Waals surface area contributed by atoms with Gasteiger partial charge in [-0.3, -0.25) is 19.2 Å². The molecule has 0 saturated carbocycles. The first-order chi connectivity index (χ1) is 20.0. The van der Waals surface area contributed by atoms with Gasteiger partial charge in [-0.1, -0.05) is 19.9 Å². The molecule has 1 aromatic heterocycles. The fourth-order valence-corrected chi connectivity index (χ4v) is 3.65. The van der Waals surface area contributed by atoms with Crippen LogP contribution in [0.5, 0.6) is 0 Å². The Bertz CT molecular complexity index is 1360. The number of aromatic amines is 1. The Kier molecular flexibility index (Phi) is 12.9. The van der Waals surface area contributed by atoms with Crippen molar-refractivity contribution >= 4 is 47.7 Å². The number of aliphatic imine (C=N–C) groups is 2. The SMILES string of the molecule is CCCNC(=O)c1ccc(C)c(N=C(N=CN)c2[nH]cc(C(=O)N(CCC)C(=O)OCOC(=O)CCC(=O)O)c2C)c1. The highest BCUT2D eigenvalue weighted by molar-refractivity contribution is 6.09. The number of aromatic nitrogens is 1. The number of H-pyrrole nitrogens is 1. The summed E-state index contributed by atoms with van der Waals surface area (Å²) in [5, 5.41) is 11.5. The van der Waals surface area contributed by atoms with Crippen molar-refractivity contribution in [3.63, 3.8) is 0 Å². The van der Waals surface area contributed by atoms with Crippen LogP contribution in [0.2, 0.25) is 0 Å². The molecule has 2 aromatic rings. The number of carbonyl (C=O) groups is 5. The highest BCUT2D eigenvalue weighted by Gasteiger charge is 2.27. The van der Waals surface area contributed by atoms with E-state index in [0.29, 0.717) is 35.5 Å². The number of hydrogen-bond donors (Lipinski definition) is 4. The third kappa shape index (κ3) is 9.28. The molecule has 0 unspecified atom stereocenters. The molecule has 5 N–H and O–H groups in total. The summed E-state index contributed by atoms with van der Waals surface area (Å²) in [7, 11) is 0. The van der Waals surface area contributed by atoms with Crippen molar-refractivity contribution in [1.82, 2.24) is 15.2 Å². The van der Waals surface area contributed by atoms with Crippen molar-refractivity contribution in [2.75, 3.05) is 19.9 Å². The van der Waals surface area contributed by atoms with Crippen molar-refractivity contribution in [2.45, 2.75) is 53.4 Å². The van der Waals surface area contributed by atoms with Crippen LogP contribution in [0.1, 0.15) is 77.1 Å². The van der Waals surface area contributed by atoms with Gasteiger partial charge in [0, 0.05) is 24.8 Å². The van der Waals surface area contributed by atoms with E-state index < -0.39 is 37.2 Å². The van der Waals surface area contributed by atoms with E-state index in [-0.39, 0.29) is 30.3 Å². The maximum absolute atomic E-state index is 13.4. The first-order valence-corrected chi connectivity index (χ1v) is 13.3. The molecule has 1 aromatic carbocycles. The molecule has 0 aliphatic rings. The molecule has 0 atom stereocenters. The highest BCUT2D eigenvalue weighted by Crippen LogP contribution is 2.24. The van der Waals surface area contributed by atoms with E-state index in [1.807, 2.05) is 13.8 Å². The van der Waals surface area contributed by atoms with Gasteiger partial charge in [-0.25, -0.2) is 19.7 Å². The predicted molar refractivity (Wildman–Crippen MR) is 154 cm³/mol. The van der Waals surface area contributed by atoms with Gasteiger partial charge in [0.2, 0.25) is 6.79 Å². The van der Waals surface area contributed by atoms with Crippen LogP contribution in [0.25, 0.3) is 0 Å². The van der Waals surface area contributed by atoms with Gasteiger partial charge in [-0.05, 0) is 49.9 Å². The minimum Gasteiger partial charge on any atom is -0.481 e. The number of carbonyl (C=O) groups excluding carboxylic acids is 4. The molecule has 42 heavy (non-hydrogen) atoms. The summed E-state index contributed by atoms with van der Waals surface area (Å²) >= 11 is 0. The van der Waals surface area contributed by atoms with Crippen LogP contribution in [0.3, 0.4) is 0 Å². The zero-order valence-electron chi connectivity index (χ0n) is 24.1. The Balaban J connectivity index is 2.30. The molecule has 0 bridgehead atoms. The quantitative estimate of drug-likeness (QED) is 0.118. The molecule has 14 nitrogen and oxygen atoms in total. The zero-order chi connectivity index (χ0) is 31.2. The second-order valence-corrected chi connectivity index (χ2v) is 9.07. The Labute approximate surface area is 243 Å². The van der Waals surface area contributed by atoms with Crippen molar-refractivity contribution in [2.24, 2.45) is 15.7 Å². The van der Waals surface area contributed by atoms with Gasteiger partial charge < -0.3 is 30.6 Å². The molecule has 3 amide bonds. The third-order valence-corrected chi connectivity index (χ3v) is 5.88. The maximum Gasteiger partial charge on any atom is 0.419 e. The number of amidine groups is 1. The molecule has 0 aliphatic heterocycles. The molecule has 0 aliphatic carbocycles. The van der Waals surface area contributed by atoms with E-state index >= 15 is 0 Å². The second-order valence-electron chi connectivity index (χ2n) is 9.07. The smallest absolute Gasteiger partial charge is 0.419 e. The first-order valence-electron chi connectivity index (χ1n) is 13.3. The lowest BCUT2D eigenvalue weighted by atomic mass is 10.1. The van der Waals surface area contributed by atoms with E-state index in [1.165, 1.54) is 6.20 Å². The van der Waals surface area contributed by atoms with Crippen LogP contribution < -0.4 is 11.1 Å². The van der Waals surface area contributed by atoms with E-state index in [2.05, 4.69) is 20.3 Å². The minimum absolute atomic E-state index is 0.0125. The van der Waals surface area contributed by atoms with Gasteiger partial charge >= 0.3 is 18.0 Å². The normalized spacial score (nSPS) is 11.3. The number of esters is 1. The van der Waals surface area contributed by atoms with Gasteiger partial charge in [0.05, 0.1) is 36.1 Å². The Morgan fingerprint density at radius 3 is 2.48 bits per heavy atom. The summed E-state index contributed by atoms with van der Waals surface area (Å²) in [6, 6.07) is 5.09. The molecule has 1 heterocycles. The Morgan fingerprint density at radius 2 is 1.83 bits per heavy atom. The Morgan fingerprint density at radius 1 is 1.10 bits per heavy atom. The molecule has 14 heteroatoms. The molecular formula is C28H36N6O8. The number of carboxylic acid groups (broad SMARTS) is 1. The second kappa shape index (κ2) is 16.3. The lowest BCUT2D eigenvalue weighted by Gasteiger charge is -2.19. The zero-order valence-corrected chi connectivity index (χ0v) is 24.1. The lowest BCUT2D eigenvalue weighted by Crippen LogP contribution is -2.38. The number of nitrogens with one attached hydrogen (secondary N) is 2. The number of aryl methyl sites for hydroxylation is 1. The number of imide groups is 1.